The number of hydrogen-bond acceptors (Lipinski definition) is 6. The lowest BCUT2D eigenvalue weighted by atomic mass is 10.0. The Morgan fingerprint density at radius 1 is 0.286 bits per heavy atom. The molecule has 0 aromatic heterocycles. The van der Waals surface area contributed by atoms with Crippen LogP contribution in [0.2, 0.25) is 0 Å². The minimum Gasteiger partial charge on any atom is -0.462 e. The highest BCUT2D eigenvalue weighted by Gasteiger charge is 2.19. The van der Waals surface area contributed by atoms with Crippen molar-refractivity contribution >= 4 is 17.9 Å². The van der Waals surface area contributed by atoms with Gasteiger partial charge in [-0.25, -0.2) is 0 Å². The molecule has 0 aliphatic carbocycles. The first kappa shape index (κ1) is 67.6. The molecule has 0 rings (SSSR count). The average Bonchev–Trinajstić information content (AvgIpc) is 3.36. The zero-order valence-electron chi connectivity index (χ0n) is 47.1. The van der Waals surface area contributed by atoms with E-state index in [0.29, 0.717) is 19.3 Å². The molecule has 0 saturated carbocycles. The van der Waals surface area contributed by atoms with Gasteiger partial charge in [-0.1, -0.05) is 295 Å². The fourth-order valence-corrected chi connectivity index (χ4v) is 9.22. The van der Waals surface area contributed by atoms with Crippen molar-refractivity contribution in [2.45, 2.75) is 341 Å². The van der Waals surface area contributed by atoms with Crippen molar-refractivity contribution in [1.82, 2.24) is 0 Å². The zero-order valence-corrected chi connectivity index (χ0v) is 47.1. The lowest BCUT2D eigenvalue weighted by Crippen LogP contribution is -2.30. The standard InChI is InChI=1S/C64H118O6/c1-4-7-10-13-16-19-22-25-28-31-34-36-39-42-45-48-51-54-57-63(66)69-60-61(70-64(67)58-55-52-49-46-43-40-37-33-30-27-24-21-18-15-12-9-6-3)59-68-62(65)56-53-50-47-44-41-38-35-32-29-26-23-20-17-14-11-8-5-2/h18,21,27,30,37,40,61H,4-17,19-20,22-26,28-29,31-36,38-39,41-60H2,1-3H3/b21-18-,30-27-,40-37-/t61-/m1/s1. The van der Waals surface area contributed by atoms with E-state index in [1.54, 1.807) is 0 Å². The largest absolute Gasteiger partial charge is 0.462 e. The van der Waals surface area contributed by atoms with E-state index in [4.69, 9.17) is 14.2 Å². The van der Waals surface area contributed by atoms with E-state index in [0.717, 1.165) is 83.5 Å². The van der Waals surface area contributed by atoms with Crippen molar-refractivity contribution in [3.63, 3.8) is 0 Å². The molecular formula is C64H118O6. The van der Waals surface area contributed by atoms with E-state index >= 15 is 0 Å². The van der Waals surface area contributed by atoms with Crippen molar-refractivity contribution in [1.29, 1.82) is 0 Å². The van der Waals surface area contributed by atoms with Crippen LogP contribution < -0.4 is 0 Å². The third-order valence-electron chi connectivity index (χ3n) is 13.9. The molecule has 0 heterocycles. The molecule has 0 bridgehead atoms. The van der Waals surface area contributed by atoms with Gasteiger partial charge in [-0.15, -0.1) is 0 Å². The van der Waals surface area contributed by atoms with Crippen LogP contribution >= 0.6 is 0 Å². The molecule has 410 valence electrons. The van der Waals surface area contributed by atoms with Crippen LogP contribution in [0.4, 0.5) is 0 Å². The average molecular weight is 984 g/mol. The summed E-state index contributed by atoms with van der Waals surface area (Å²) in [6.45, 7) is 6.66. The minimum atomic E-state index is -0.780. The summed E-state index contributed by atoms with van der Waals surface area (Å²) in [7, 11) is 0. The number of ether oxygens (including phenoxy) is 3. The second-order valence-electron chi connectivity index (χ2n) is 21.0. The van der Waals surface area contributed by atoms with Gasteiger partial charge in [0, 0.05) is 19.3 Å². The number of carbonyl (C=O) groups is 3. The van der Waals surface area contributed by atoms with Crippen molar-refractivity contribution in [3.8, 4) is 0 Å². The summed E-state index contributed by atoms with van der Waals surface area (Å²) in [5.41, 5.74) is 0. The number of unbranched alkanes of at least 4 members (excludes halogenated alkanes) is 40. The Labute approximate surface area is 435 Å². The quantitative estimate of drug-likeness (QED) is 0.0261. The Bertz CT molecular complexity index is 1170. The van der Waals surface area contributed by atoms with E-state index in [1.807, 2.05) is 0 Å². The fourth-order valence-electron chi connectivity index (χ4n) is 9.22. The van der Waals surface area contributed by atoms with Crippen molar-refractivity contribution in [3.05, 3.63) is 36.5 Å². The van der Waals surface area contributed by atoms with Gasteiger partial charge >= 0.3 is 17.9 Å². The van der Waals surface area contributed by atoms with Crippen molar-refractivity contribution < 1.29 is 28.6 Å². The Kier molecular flexibility index (Phi) is 57.2. The van der Waals surface area contributed by atoms with Crippen LogP contribution in [-0.2, 0) is 28.6 Å². The van der Waals surface area contributed by atoms with Crippen LogP contribution in [0.25, 0.3) is 0 Å². The molecule has 0 aromatic rings. The second-order valence-corrected chi connectivity index (χ2v) is 21.0. The molecule has 0 fully saturated rings. The Morgan fingerprint density at radius 2 is 0.514 bits per heavy atom. The van der Waals surface area contributed by atoms with Gasteiger partial charge in [-0.3, -0.25) is 14.4 Å². The number of esters is 3. The Hall–Kier alpha value is -2.37. The smallest absolute Gasteiger partial charge is 0.306 e. The van der Waals surface area contributed by atoms with E-state index in [9.17, 15) is 14.4 Å². The van der Waals surface area contributed by atoms with E-state index in [1.165, 1.54) is 212 Å². The summed E-state index contributed by atoms with van der Waals surface area (Å²) in [6, 6.07) is 0. The third kappa shape index (κ3) is 56.5. The van der Waals surface area contributed by atoms with E-state index in [-0.39, 0.29) is 31.1 Å². The van der Waals surface area contributed by atoms with Gasteiger partial charge in [0.15, 0.2) is 6.10 Å². The molecular weight excluding hydrogens is 865 g/mol. The summed E-state index contributed by atoms with van der Waals surface area (Å²) < 4.78 is 16.9. The minimum absolute atomic E-state index is 0.0761. The van der Waals surface area contributed by atoms with Crippen LogP contribution in [0.3, 0.4) is 0 Å². The molecule has 0 aromatic carbocycles. The summed E-state index contributed by atoms with van der Waals surface area (Å²) in [4.78, 5) is 38.3. The van der Waals surface area contributed by atoms with Crippen LogP contribution in [0.5, 0.6) is 0 Å². The lowest BCUT2D eigenvalue weighted by Gasteiger charge is -2.18. The molecule has 6 nitrogen and oxygen atoms in total. The maximum atomic E-state index is 12.9. The number of carbonyl (C=O) groups excluding carboxylic acids is 3. The van der Waals surface area contributed by atoms with Gasteiger partial charge < -0.3 is 14.2 Å². The fraction of sp³-hybridized carbons (Fsp3) is 0.859. The molecule has 0 N–H and O–H groups in total. The molecule has 0 unspecified atom stereocenters. The molecule has 0 amide bonds. The van der Waals surface area contributed by atoms with Gasteiger partial charge in [0.1, 0.15) is 13.2 Å². The maximum Gasteiger partial charge on any atom is 0.306 e. The number of allylic oxidation sites excluding steroid dienone is 6. The Balaban J connectivity index is 4.36. The van der Waals surface area contributed by atoms with E-state index < -0.39 is 6.10 Å². The van der Waals surface area contributed by atoms with Gasteiger partial charge in [-0.2, -0.15) is 0 Å². The highest BCUT2D eigenvalue weighted by Crippen LogP contribution is 2.17. The summed E-state index contributed by atoms with van der Waals surface area (Å²) in [6.07, 6.45) is 71.4. The zero-order chi connectivity index (χ0) is 50.7. The first-order valence-corrected chi connectivity index (χ1v) is 31.0. The van der Waals surface area contributed by atoms with Crippen LogP contribution in [0.15, 0.2) is 36.5 Å². The molecule has 0 radical (unpaired) electrons. The predicted octanol–water partition coefficient (Wildman–Crippen LogP) is 20.8. The first-order valence-electron chi connectivity index (χ1n) is 31.0. The van der Waals surface area contributed by atoms with Gasteiger partial charge in [-0.05, 0) is 57.8 Å². The monoisotopic (exact) mass is 983 g/mol. The second kappa shape index (κ2) is 59.2. The highest BCUT2D eigenvalue weighted by atomic mass is 16.6. The van der Waals surface area contributed by atoms with Gasteiger partial charge in [0.2, 0.25) is 0 Å². The van der Waals surface area contributed by atoms with E-state index in [2.05, 4.69) is 57.2 Å². The highest BCUT2D eigenvalue weighted by molar-refractivity contribution is 5.71. The molecule has 0 saturated heterocycles. The first-order chi connectivity index (χ1) is 34.5. The van der Waals surface area contributed by atoms with Gasteiger partial charge in [0.25, 0.3) is 0 Å². The van der Waals surface area contributed by atoms with Crippen molar-refractivity contribution in [2.75, 3.05) is 13.2 Å². The summed E-state index contributed by atoms with van der Waals surface area (Å²) >= 11 is 0. The van der Waals surface area contributed by atoms with Crippen LogP contribution in [0, 0.1) is 0 Å². The molecule has 0 spiro atoms. The lowest BCUT2D eigenvalue weighted by molar-refractivity contribution is -0.167. The molecule has 0 aliphatic rings. The molecule has 70 heavy (non-hydrogen) atoms. The SMILES string of the molecule is CCCCC/C=C\C/C=C\C/C=C\CCCCCCC(=O)O[C@H](COC(=O)CCCCCCCCCCCCCCCCCCC)COC(=O)CCCCCCCCCCCCCCCCCCCC. The van der Waals surface area contributed by atoms with Crippen LogP contribution in [0.1, 0.15) is 335 Å². The maximum absolute atomic E-state index is 12.9. The van der Waals surface area contributed by atoms with Crippen LogP contribution in [-0.4, -0.2) is 37.2 Å². The molecule has 0 aliphatic heterocycles. The normalized spacial score (nSPS) is 12.2. The topological polar surface area (TPSA) is 78.9 Å². The molecule has 1 atom stereocenters. The predicted molar refractivity (Wildman–Crippen MR) is 302 cm³/mol. The Morgan fingerprint density at radius 3 is 0.829 bits per heavy atom. The summed E-state index contributed by atoms with van der Waals surface area (Å²) in [5.74, 6) is -0.874. The number of rotatable bonds is 57. The summed E-state index contributed by atoms with van der Waals surface area (Å²) in [5, 5.41) is 0. The number of hydrogen-bond donors (Lipinski definition) is 0. The van der Waals surface area contributed by atoms with Crippen molar-refractivity contribution in [2.24, 2.45) is 0 Å². The third-order valence-corrected chi connectivity index (χ3v) is 13.9. The van der Waals surface area contributed by atoms with Gasteiger partial charge in [0.05, 0.1) is 0 Å². The molecule has 6 heteroatoms.